The van der Waals surface area contributed by atoms with E-state index in [1.165, 1.54) is 0 Å². The second kappa shape index (κ2) is 7.11. The van der Waals surface area contributed by atoms with Crippen LogP contribution in [0.1, 0.15) is 34.6 Å². The highest BCUT2D eigenvalue weighted by molar-refractivity contribution is 7.90. The zero-order valence-electron chi connectivity index (χ0n) is 14.2. The summed E-state index contributed by atoms with van der Waals surface area (Å²) in [6.07, 6.45) is 1.61. The van der Waals surface area contributed by atoms with Gasteiger partial charge in [0, 0.05) is 17.6 Å². The van der Waals surface area contributed by atoms with Gasteiger partial charge in [-0.05, 0) is 44.4 Å². The van der Waals surface area contributed by atoms with Gasteiger partial charge in [0.1, 0.15) is 16.1 Å². The van der Waals surface area contributed by atoms with Crippen LogP contribution in [0.4, 0.5) is 5.82 Å². The van der Waals surface area contributed by atoms with Crippen LogP contribution in [-0.2, 0) is 16.1 Å². The molecule has 23 heavy (non-hydrogen) atoms. The largest absolute Gasteiger partial charge is 0.598 e. The van der Waals surface area contributed by atoms with E-state index in [4.69, 9.17) is 16.3 Å². The Kier molecular flexibility index (Phi) is 5.79. The summed E-state index contributed by atoms with van der Waals surface area (Å²) >= 11 is 4.68. The summed E-state index contributed by atoms with van der Waals surface area (Å²) in [5.41, 5.74) is -0.399. The quantitative estimate of drug-likeness (QED) is 0.598. The van der Waals surface area contributed by atoms with Crippen LogP contribution in [0.15, 0.2) is 12.3 Å². The molecule has 1 aliphatic rings. The van der Waals surface area contributed by atoms with Gasteiger partial charge in [-0.3, -0.25) is 0 Å². The summed E-state index contributed by atoms with van der Waals surface area (Å²) in [5.74, 6) is 0.926. The first-order valence-electron chi connectivity index (χ1n) is 7.66. The minimum Gasteiger partial charge on any atom is -0.598 e. The van der Waals surface area contributed by atoms with E-state index in [0.717, 1.165) is 0 Å². The van der Waals surface area contributed by atoms with E-state index >= 15 is 0 Å². The van der Waals surface area contributed by atoms with E-state index in [9.17, 15) is 4.55 Å². The third kappa shape index (κ3) is 4.48. The van der Waals surface area contributed by atoms with Gasteiger partial charge in [-0.1, -0.05) is 13.8 Å². The minimum absolute atomic E-state index is 0.00600. The summed E-state index contributed by atoms with van der Waals surface area (Å²) in [5, 5.41) is 3.60. The maximum absolute atomic E-state index is 12.6. The molecule has 130 valence electrons. The Morgan fingerprint density at radius 3 is 2.48 bits per heavy atom. The first-order valence-corrected chi connectivity index (χ1v) is 9.19. The second-order valence-electron chi connectivity index (χ2n) is 7.21. The molecule has 2 N–H and O–H groups in total. The van der Waals surface area contributed by atoms with Crippen molar-refractivity contribution in [3.8, 4) is 0 Å². The summed E-state index contributed by atoms with van der Waals surface area (Å²) < 4.78 is 21.0. The molecule has 1 aromatic heterocycles. The lowest BCUT2D eigenvalue weighted by Gasteiger charge is -2.49. The summed E-state index contributed by atoms with van der Waals surface area (Å²) in [6.45, 7) is 11.1. The van der Waals surface area contributed by atoms with Crippen LogP contribution in [0, 0.1) is 5.92 Å². The molecule has 1 fully saturated rings. The van der Waals surface area contributed by atoms with E-state index in [1.54, 1.807) is 12.3 Å². The number of nitrogens with one attached hydrogen (secondary N) is 2. The van der Waals surface area contributed by atoms with Gasteiger partial charge in [0.2, 0.25) is 5.28 Å². The predicted molar refractivity (Wildman–Crippen MR) is 93.9 cm³/mol. The van der Waals surface area contributed by atoms with Crippen molar-refractivity contribution >= 4 is 28.8 Å². The van der Waals surface area contributed by atoms with Gasteiger partial charge in [0.05, 0.1) is 19.3 Å². The van der Waals surface area contributed by atoms with Gasteiger partial charge in [-0.15, -0.1) is 4.72 Å². The van der Waals surface area contributed by atoms with Gasteiger partial charge in [-0.25, -0.2) is 9.97 Å². The Balaban J connectivity index is 2.20. The lowest BCUT2D eigenvalue weighted by molar-refractivity contribution is -0.0779. The second-order valence-corrected chi connectivity index (χ2v) is 9.51. The normalized spacial score (nSPS) is 20.0. The third-order valence-corrected chi connectivity index (χ3v) is 5.65. The number of nitrogens with zero attached hydrogens (tertiary/aromatic N) is 2. The number of halogens is 1. The molecule has 0 saturated carbocycles. The van der Waals surface area contributed by atoms with E-state index < -0.39 is 16.9 Å². The summed E-state index contributed by atoms with van der Waals surface area (Å²) in [4.78, 5) is 8.09. The van der Waals surface area contributed by atoms with Crippen LogP contribution >= 0.6 is 11.6 Å². The van der Waals surface area contributed by atoms with Crippen LogP contribution in [0.25, 0.3) is 0 Å². The molecule has 0 aliphatic carbocycles. The molecule has 2 rings (SSSR count). The SMILES string of the molecule is CC(C)C(Nc1ccnc(Cl)n1)C1(N[S+]([O-])C(C)(C)C)COC1. The average molecular weight is 361 g/mol. The molecule has 0 amide bonds. The summed E-state index contributed by atoms with van der Waals surface area (Å²) in [6, 6.07) is 1.77. The van der Waals surface area contributed by atoms with E-state index in [2.05, 4.69) is 33.9 Å². The van der Waals surface area contributed by atoms with Crippen LogP contribution < -0.4 is 10.0 Å². The molecule has 2 heterocycles. The first kappa shape index (κ1) is 18.7. The van der Waals surface area contributed by atoms with Crippen molar-refractivity contribution in [1.29, 1.82) is 0 Å². The molecule has 2 unspecified atom stereocenters. The first-order chi connectivity index (χ1) is 10.6. The maximum atomic E-state index is 12.6. The number of aromatic nitrogens is 2. The lowest BCUT2D eigenvalue weighted by Crippen LogP contribution is -2.72. The Morgan fingerprint density at radius 2 is 2.04 bits per heavy atom. The predicted octanol–water partition coefficient (Wildman–Crippen LogP) is 2.39. The van der Waals surface area contributed by atoms with Crippen molar-refractivity contribution in [2.75, 3.05) is 18.5 Å². The van der Waals surface area contributed by atoms with Crippen molar-refractivity contribution in [3.05, 3.63) is 17.5 Å². The third-order valence-electron chi connectivity index (χ3n) is 3.76. The highest BCUT2D eigenvalue weighted by atomic mass is 35.5. The molecule has 1 aromatic rings. The van der Waals surface area contributed by atoms with E-state index in [1.807, 2.05) is 20.8 Å². The van der Waals surface area contributed by atoms with Gasteiger partial charge >= 0.3 is 0 Å². The zero-order chi connectivity index (χ0) is 17.3. The number of rotatable bonds is 6. The fourth-order valence-electron chi connectivity index (χ4n) is 2.48. The Labute approximate surface area is 146 Å². The fourth-order valence-corrected chi connectivity index (χ4v) is 3.55. The van der Waals surface area contributed by atoms with Crippen molar-refractivity contribution in [2.45, 2.75) is 50.9 Å². The topological polar surface area (TPSA) is 82.1 Å². The van der Waals surface area contributed by atoms with Crippen molar-refractivity contribution in [3.63, 3.8) is 0 Å². The van der Waals surface area contributed by atoms with Gasteiger partial charge < -0.3 is 14.6 Å². The zero-order valence-corrected chi connectivity index (χ0v) is 15.8. The van der Waals surface area contributed by atoms with Crippen LogP contribution in [0.3, 0.4) is 0 Å². The van der Waals surface area contributed by atoms with Crippen LogP contribution in [-0.4, -0.2) is 44.1 Å². The number of anilines is 1. The highest BCUT2D eigenvalue weighted by Crippen LogP contribution is 2.31. The molecule has 0 radical (unpaired) electrons. The van der Waals surface area contributed by atoms with E-state index in [0.29, 0.717) is 19.0 Å². The molecule has 0 aromatic carbocycles. The molecular formula is C15H25ClN4O2S. The lowest BCUT2D eigenvalue weighted by atomic mass is 9.82. The molecule has 0 spiro atoms. The number of hydrogen-bond acceptors (Lipinski definition) is 6. The molecule has 1 saturated heterocycles. The Hall–Kier alpha value is -0.600. The number of hydrogen-bond donors (Lipinski definition) is 2. The minimum atomic E-state index is -1.18. The average Bonchev–Trinajstić information content (AvgIpc) is 2.39. The maximum Gasteiger partial charge on any atom is 0.224 e. The Morgan fingerprint density at radius 1 is 1.39 bits per heavy atom. The van der Waals surface area contributed by atoms with Gasteiger partial charge in [-0.2, -0.15) is 0 Å². The number of ether oxygens (including phenoxy) is 1. The standard InChI is InChI=1S/C15H25ClN4O2S/c1-10(2)12(18-11-6-7-17-13(16)19-11)15(8-22-9-15)20-23(21)14(3,4)5/h6-7,10,12,20H,8-9H2,1-5H3,(H,17,18,19). The molecule has 0 bridgehead atoms. The van der Waals surface area contributed by atoms with Crippen molar-refractivity contribution in [1.82, 2.24) is 14.7 Å². The monoisotopic (exact) mass is 360 g/mol. The van der Waals surface area contributed by atoms with Crippen molar-refractivity contribution < 1.29 is 9.29 Å². The van der Waals surface area contributed by atoms with Crippen molar-refractivity contribution in [2.24, 2.45) is 5.92 Å². The summed E-state index contributed by atoms with van der Waals surface area (Å²) in [7, 11) is 0. The molecule has 1 aliphatic heterocycles. The fraction of sp³-hybridized carbons (Fsp3) is 0.733. The molecular weight excluding hydrogens is 336 g/mol. The molecule has 8 heteroatoms. The highest BCUT2D eigenvalue weighted by Gasteiger charge is 2.52. The van der Waals surface area contributed by atoms with Crippen LogP contribution in [0.5, 0.6) is 0 Å². The molecule has 6 nitrogen and oxygen atoms in total. The Bertz CT molecular complexity index is 534. The van der Waals surface area contributed by atoms with E-state index in [-0.39, 0.29) is 22.0 Å². The molecule has 2 atom stereocenters. The van der Waals surface area contributed by atoms with Gasteiger partial charge in [0.25, 0.3) is 0 Å². The van der Waals surface area contributed by atoms with Gasteiger partial charge in [0.15, 0.2) is 0 Å². The smallest absolute Gasteiger partial charge is 0.224 e. The van der Waals surface area contributed by atoms with Crippen LogP contribution in [0.2, 0.25) is 5.28 Å².